The number of methoxy groups -OCH3 is 1. The Labute approximate surface area is 154 Å². The molecule has 0 fully saturated rings. The number of benzene rings is 1. The van der Waals surface area contributed by atoms with Gasteiger partial charge in [-0.2, -0.15) is 0 Å². The molecule has 0 bridgehead atoms. The molecule has 9 heteroatoms. The van der Waals surface area contributed by atoms with Gasteiger partial charge in [0.15, 0.2) is 0 Å². The normalized spacial score (nSPS) is 11.6. The van der Waals surface area contributed by atoms with Crippen molar-refractivity contribution < 1.29 is 19.1 Å². The van der Waals surface area contributed by atoms with Crippen LogP contribution in [0.2, 0.25) is 0 Å². The number of nitrogens with zero attached hydrogens (tertiary/aromatic N) is 2. The standard InChI is InChI=1S/C16H19N3O4S2/c1-4-23-13(20)9-24-10(2)14(21)17-16-19-18-15(25-16)11-5-7-12(22-3)8-6-11/h5-8,10H,4,9H2,1-3H3,(H,17,19,21). The Kier molecular flexibility index (Phi) is 7.20. The van der Waals surface area contributed by atoms with Gasteiger partial charge in [0.1, 0.15) is 10.8 Å². The SMILES string of the molecule is CCOC(=O)CSC(C)C(=O)Nc1nnc(-c2ccc(OC)cc2)s1. The Balaban J connectivity index is 1.91. The number of amides is 1. The number of nitrogens with one attached hydrogen (secondary N) is 1. The molecule has 0 aliphatic carbocycles. The predicted octanol–water partition coefficient (Wildman–Crippen LogP) is 2.84. The van der Waals surface area contributed by atoms with E-state index in [0.717, 1.165) is 11.3 Å². The van der Waals surface area contributed by atoms with Crippen molar-refractivity contribution in [3.8, 4) is 16.3 Å². The number of ether oxygens (including phenoxy) is 2. The monoisotopic (exact) mass is 381 g/mol. The lowest BCUT2D eigenvalue weighted by atomic mass is 10.2. The quantitative estimate of drug-likeness (QED) is 0.703. The van der Waals surface area contributed by atoms with Gasteiger partial charge in [-0.25, -0.2) is 0 Å². The third kappa shape index (κ3) is 5.71. The lowest BCUT2D eigenvalue weighted by Crippen LogP contribution is -2.24. The van der Waals surface area contributed by atoms with Crippen LogP contribution in [0.3, 0.4) is 0 Å². The number of anilines is 1. The minimum Gasteiger partial charge on any atom is -0.497 e. The van der Waals surface area contributed by atoms with Gasteiger partial charge in [-0.3, -0.25) is 14.9 Å². The number of thioether (sulfide) groups is 1. The molecule has 2 rings (SSSR count). The summed E-state index contributed by atoms with van der Waals surface area (Å²) >= 11 is 2.50. The molecule has 1 atom stereocenters. The van der Waals surface area contributed by atoms with Crippen LogP contribution < -0.4 is 10.1 Å². The summed E-state index contributed by atoms with van der Waals surface area (Å²) in [6.45, 7) is 3.80. The molecule has 0 saturated heterocycles. The smallest absolute Gasteiger partial charge is 0.315 e. The summed E-state index contributed by atoms with van der Waals surface area (Å²) < 4.78 is 9.96. The molecule has 1 aromatic carbocycles. The van der Waals surface area contributed by atoms with Crippen molar-refractivity contribution in [1.82, 2.24) is 10.2 Å². The summed E-state index contributed by atoms with van der Waals surface area (Å²) in [5.74, 6) is 0.334. The summed E-state index contributed by atoms with van der Waals surface area (Å²) in [5, 5.41) is 11.5. The molecule has 2 aromatic rings. The molecule has 0 aliphatic heterocycles. The molecule has 1 unspecified atom stereocenters. The Bertz CT molecular complexity index is 718. The van der Waals surface area contributed by atoms with E-state index >= 15 is 0 Å². The average Bonchev–Trinajstić information content (AvgIpc) is 3.08. The number of rotatable bonds is 8. The molecule has 25 heavy (non-hydrogen) atoms. The maximum Gasteiger partial charge on any atom is 0.315 e. The average molecular weight is 381 g/mol. The van der Waals surface area contributed by atoms with E-state index in [1.807, 2.05) is 24.3 Å². The third-order valence-corrected chi connectivity index (χ3v) is 5.12. The van der Waals surface area contributed by atoms with Crippen molar-refractivity contribution in [1.29, 1.82) is 0 Å². The first-order valence-corrected chi connectivity index (χ1v) is 9.46. The fourth-order valence-electron chi connectivity index (χ4n) is 1.80. The number of carbonyl (C=O) groups is 2. The molecule has 0 radical (unpaired) electrons. The first kappa shape index (κ1) is 19.2. The summed E-state index contributed by atoms with van der Waals surface area (Å²) in [4.78, 5) is 23.5. The van der Waals surface area contributed by atoms with Crippen molar-refractivity contribution in [2.75, 3.05) is 24.8 Å². The second-order valence-corrected chi connectivity index (χ2v) is 7.20. The summed E-state index contributed by atoms with van der Waals surface area (Å²) in [5.41, 5.74) is 0.892. The van der Waals surface area contributed by atoms with Gasteiger partial charge in [0, 0.05) is 5.56 Å². The molecule has 1 heterocycles. The van der Waals surface area contributed by atoms with E-state index in [2.05, 4.69) is 15.5 Å². The van der Waals surface area contributed by atoms with Gasteiger partial charge in [-0.1, -0.05) is 11.3 Å². The van der Waals surface area contributed by atoms with Crippen LogP contribution in [-0.4, -0.2) is 46.8 Å². The van der Waals surface area contributed by atoms with Crippen molar-refractivity contribution >= 4 is 40.1 Å². The molecule has 1 aromatic heterocycles. The van der Waals surface area contributed by atoms with Gasteiger partial charge >= 0.3 is 5.97 Å². The van der Waals surface area contributed by atoms with Gasteiger partial charge < -0.3 is 9.47 Å². The number of aromatic nitrogens is 2. The highest BCUT2D eigenvalue weighted by molar-refractivity contribution is 8.01. The van der Waals surface area contributed by atoms with Crippen LogP contribution in [0.1, 0.15) is 13.8 Å². The molecular formula is C16H19N3O4S2. The molecule has 0 aliphatic rings. The second-order valence-electron chi connectivity index (χ2n) is 4.89. The van der Waals surface area contributed by atoms with E-state index in [1.54, 1.807) is 21.0 Å². The van der Waals surface area contributed by atoms with E-state index in [-0.39, 0.29) is 17.6 Å². The highest BCUT2D eigenvalue weighted by Gasteiger charge is 2.18. The fraction of sp³-hybridized carbons (Fsp3) is 0.375. The second kappa shape index (κ2) is 9.38. The Morgan fingerprint density at radius 3 is 2.64 bits per heavy atom. The molecule has 134 valence electrons. The van der Waals surface area contributed by atoms with E-state index in [4.69, 9.17) is 9.47 Å². The van der Waals surface area contributed by atoms with Crippen molar-refractivity contribution in [2.45, 2.75) is 19.1 Å². The summed E-state index contributed by atoms with van der Waals surface area (Å²) in [7, 11) is 1.61. The van der Waals surface area contributed by atoms with Crippen LogP contribution in [0.4, 0.5) is 5.13 Å². The minimum absolute atomic E-state index is 0.135. The van der Waals surface area contributed by atoms with Crippen LogP contribution in [0, 0.1) is 0 Å². The van der Waals surface area contributed by atoms with Crippen LogP contribution in [0.15, 0.2) is 24.3 Å². The molecule has 7 nitrogen and oxygen atoms in total. The largest absolute Gasteiger partial charge is 0.497 e. The van der Waals surface area contributed by atoms with Crippen molar-refractivity contribution in [3.05, 3.63) is 24.3 Å². The van der Waals surface area contributed by atoms with E-state index in [0.29, 0.717) is 16.7 Å². The molecular weight excluding hydrogens is 362 g/mol. The Morgan fingerprint density at radius 1 is 1.28 bits per heavy atom. The molecule has 1 N–H and O–H groups in total. The predicted molar refractivity (Wildman–Crippen MR) is 99.1 cm³/mol. The van der Waals surface area contributed by atoms with Crippen LogP contribution in [0.5, 0.6) is 5.75 Å². The zero-order valence-corrected chi connectivity index (χ0v) is 15.8. The van der Waals surface area contributed by atoms with Crippen LogP contribution in [0.25, 0.3) is 10.6 Å². The zero-order chi connectivity index (χ0) is 18.2. The lowest BCUT2D eigenvalue weighted by molar-refractivity contribution is -0.139. The maximum atomic E-state index is 12.2. The minimum atomic E-state index is -0.405. The number of hydrogen-bond acceptors (Lipinski definition) is 8. The highest BCUT2D eigenvalue weighted by Crippen LogP contribution is 2.28. The van der Waals surface area contributed by atoms with E-state index < -0.39 is 5.25 Å². The summed E-state index contributed by atoms with van der Waals surface area (Å²) in [6, 6.07) is 7.43. The molecule has 0 spiro atoms. The van der Waals surface area contributed by atoms with E-state index in [9.17, 15) is 9.59 Å². The van der Waals surface area contributed by atoms with Crippen molar-refractivity contribution in [2.24, 2.45) is 0 Å². The van der Waals surface area contributed by atoms with Gasteiger partial charge in [-0.15, -0.1) is 22.0 Å². The Morgan fingerprint density at radius 2 is 2.00 bits per heavy atom. The topological polar surface area (TPSA) is 90.4 Å². The number of esters is 1. The number of carbonyl (C=O) groups excluding carboxylic acids is 2. The zero-order valence-electron chi connectivity index (χ0n) is 14.1. The lowest BCUT2D eigenvalue weighted by Gasteiger charge is -2.09. The fourth-order valence-corrected chi connectivity index (χ4v) is 3.23. The first-order chi connectivity index (χ1) is 12.0. The number of hydrogen-bond donors (Lipinski definition) is 1. The van der Waals surface area contributed by atoms with Gasteiger partial charge in [0.25, 0.3) is 0 Å². The first-order valence-electron chi connectivity index (χ1n) is 7.59. The van der Waals surface area contributed by atoms with Gasteiger partial charge in [0.05, 0.1) is 24.7 Å². The van der Waals surface area contributed by atoms with Crippen molar-refractivity contribution in [3.63, 3.8) is 0 Å². The highest BCUT2D eigenvalue weighted by atomic mass is 32.2. The van der Waals surface area contributed by atoms with Gasteiger partial charge in [-0.05, 0) is 38.1 Å². The Hall–Kier alpha value is -2.13. The maximum absolute atomic E-state index is 12.2. The van der Waals surface area contributed by atoms with Crippen LogP contribution >= 0.6 is 23.1 Å². The van der Waals surface area contributed by atoms with Gasteiger partial charge in [0.2, 0.25) is 11.0 Å². The van der Waals surface area contributed by atoms with Crippen LogP contribution in [-0.2, 0) is 14.3 Å². The van der Waals surface area contributed by atoms with E-state index in [1.165, 1.54) is 23.1 Å². The molecule has 0 saturated carbocycles. The summed E-state index contributed by atoms with van der Waals surface area (Å²) in [6.07, 6.45) is 0. The molecule has 1 amide bonds. The third-order valence-electron chi connectivity index (χ3n) is 3.12.